The first-order chi connectivity index (χ1) is 6.85. The van der Waals surface area contributed by atoms with E-state index in [4.69, 9.17) is 0 Å². The lowest BCUT2D eigenvalue weighted by atomic mass is 9.87. The molecule has 0 aliphatic heterocycles. The zero-order chi connectivity index (χ0) is 11.9. The molecule has 92 valence electrons. The van der Waals surface area contributed by atoms with E-state index in [1.807, 2.05) is 0 Å². The van der Waals surface area contributed by atoms with Gasteiger partial charge in [0.2, 0.25) is 0 Å². The summed E-state index contributed by atoms with van der Waals surface area (Å²) in [7, 11) is 0. The number of hydrogen-bond donors (Lipinski definition) is 1. The van der Waals surface area contributed by atoms with Gasteiger partial charge >= 0.3 is 0 Å². The summed E-state index contributed by atoms with van der Waals surface area (Å²) in [5.74, 6) is 0.805. The second-order valence-corrected chi connectivity index (χ2v) is 6.38. The molecule has 0 aliphatic rings. The van der Waals surface area contributed by atoms with Crippen molar-refractivity contribution in [2.45, 2.75) is 73.3 Å². The third-order valence-electron chi connectivity index (χ3n) is 2.68. The minimum atomic E-state index is 0.475. The van der Waals surface area contributed by atoms with E-state index < -0.39 is 0 Å². The Hall–Kier alpha value is -0.0400. The molecule has 0 saturated heterocycles. The molecule has 0 bridgehead atoms. The summed E-state index contributed by atoms with van der Waals surface area (Å²) < 4.78 is 0. The van der Waals surface area contributed by atoms with Crippen LogP contribution in [0.4, 0.5) is 0 Å². The van der Waals surface area contributed by atoms with Gasteiger partial charge in [-0.25, -0.2) is 0 Å². The SMILES string of the molecule is CCCNC(CCC(C)(C)C)CC(C)C. The molecule has 0 spiro atoms. The van der Waals surface area contributed by atoms with Gasteiger partial charge < -0.3 is 5.32 Å². The summed E-state index contributed by atoms with van der Waals surface area (Å²) in [5.41, 5.74) is 0.475. The van der Waals surface area contributed by atoms with Crippen LogP contribution in [0.1, 0.15) is 67.2 Å². The summed E-state index contributed by atoms with van der Waals surface area (Å²) in [4.78, 5) is 0. The number of rotatable bonds is 7. The van der Waals surface area contributed by atoms with E-state index >= 15 is 0 Å². The largest absolute Gasteiger partial charge is 0.314 e. The van der Waals surface area contributed by atoms with Crippen molar-refractivity contribution in [2.24, 2.45) is 11.3 Å². The molecule has 0 radical (unpaired) electrons. The summed E-state index contributed by atoms with van der Waals surface area (Å²) in [6.45, 7) is 15.0. The van der Waals surface area contributed by atoms with E-state index in [-0.39, 0.29) is 0 Å². The third-order valence-corrected chi connectivity index (χ3v) is 2.68. The second kappa shape index (κ2) is 7.27. The van der Waals surface area contributed by atoms with Crippen LogP contribution < -0.4 is 5.32 Å². The summed E-state index contributed by atoms with van der Waals surface area (Å²) in [6.07, 6.45) is 5.20. The highest BCUT2D eigenvalue weighted by molar-refractivity contribution is 4.72. The van der Waals surface area contributed by atoms with Crippen LogP contribution in [0.2, 0.25) is 0 Å². The van der Waals surface area contributed by atoms with Crippen molar-refractivity contribution in [3.63, 3.8) is 0 Å². The fraction of sp³-hybridized carbons (Fsp3) is 1.00. The molecule has 1 heteroatoms. The predicted octanol–water partition coefficient (Wildman–Crippen LogP) is 4.23. The monoisotopic (exact) mass is 213 g/mol. The molecule has 0 aromatic rings. The van der Waals surface area contributed by atoms with Crippen LogP contribution in [-0.4, -0.2) is 12.6 Å². The van der Waals surface area contributed by atoms with Crippen LogP contribution in [0.5, 0.6) is 0 Å². The standard InChI is InChI=1S/C14H31N/c1-7-10-15-13(11-12(2)3)8-9-14(4,5)6/h12-13,15H,7-11H2,1-6H3. The Morgan fingerprint density at radius 2 is 1.73 bits per heavy atom. The van der Waals surface area contributed by atoms with Crippen molar-refractivity contribution >= 4 is 0 Å². The molecular weight excluding hydrogens is 182 g/mol. The van der Waals surface area contributed by atoms with Crippen molar-refractivity contribution in [3.8, 4) is 0 Å². The highest BCUT2D eigenvalue weighted by Crippen LogP contribution is 2.23. The van der Waals surface area contributed by atoms with E-state index in [0.717, 1.165) is 12.0 Å². The quantitative estimate of drug-likeness (QED) is 0.667. The number of nitrogens with one attached hydrogen (secondary N) is 1. The second-order valence-electron chi connectivity index (χ2n) is 6.38. The van der Waals surface area contributed by atoms with Crippen LogP contribution in [0.3, 0.4) is 0 Å². The molecule has 0 rings (SSSR count). The molecule has 0 heterocycles. The normalized spacial score (nSPS) is 14.6. The van der Waals surface area contributed by atoms with Gasteiger partial charge in [-0.05, 0) is 43.6 Å². The Morgan fingerprint density at radius 3 is 2.13 bits per heavy atom. The molecule has 1 N–H and O–H groups in total. The summed E-state index contributed by atoms with van der Waals surface area (Å²) in [5, 5.41) is 3.67. The van der Waals surface area contributed by atoms with Gasteiger partial charge in [-0.2, -0.15) is 0 Å². The smallest absolute Gasteiger partial charge is 0.00696 e. The Labute approximate surface area is 97.0 Å². The van der Waals surface area contributed by atoms with Gasteiger partial charge in [0, 0.05) is 6.04 Å². The van der Waals surface area contributed by atoms with Crippen molar-refractivity contribution in [1.29, 1.82) is 0 Å². The lowest BCUT2D eigenvalue weighted by Gasteiger charge is -2.25. The average molecular weight is 213 g/mol. The zero-order valence-corrected chi connectivity index (χ0v) is 11.7. The molecule has 0 amide bonds. The van der Waals surface area contributed by atoms with E-state index in [1.165, 1.54) is 32.2 Å². The average Bonchev–Trinajstić information content (AvgIpc) is 2.07. The van der Waals surface area contributed by atoms with Gasteiger partial charge in [-0.3, -0.25) is 0 Å². The molecule has 0 aromatic heterocycles. The lowest BCUT2D eigenvalue weighted by Crippen LogP contribution is -2.32. The highest BCUT2D eigenvalue weighted by atomic mass is 14.9. The topological polar surface area (TPSA) is 12.0 Å². The Kier molecular flexibility index (Phi) is 7.25. The van der Waals surface area contributed by atoms with E-state index in [9.17, 15) is 0 Å². The molecule has 0 aliphatic carbocycles. The first kappa shape index (κ1) is 15.0. The molecular formula is C14H31N. The maximum absolute atomic E-state index is 3.67. The van der Waals surface area contributed by atoms with Crippen molar-refractivity contribution < 1.29 is 0 Å². The number of hydrogen-bond acceptors (Lipinski definition) is 1. The van der Waals surface area contributed by atoms with Gasteiger partial charge in [-0.15, -0.1) is 0 Å². The van der Waals surface area contributed by atoms with Crippen molar-refractivity contribution in [3.05, 3.63) is 0 Å². The third kappa shape index (κ3) is 10.2. The van der Waals surface area contributed by atoms with Crippen LogP contribution in [0.15, 0.2) is 0 Å². The van der Waals surface area contributed by atoms with Crippen molar-refractivity contribution in [2.75, 3.05) is 6.54 Å². The molecule has 1 atom stereocenters. The minimum Gasteiger partial charge on any atom is -0.314 e. The molecule has 0 saturated carbocycles. The fourth-order valence-electron chi connectivity index (χ4n) is 1.83. The fourth-order valence-corrected chi connectivity index (χ4v) is 1.83. The van der Waals surface area contributed by atoms with Gasteiger partial charge in [0.25, 0.3) is 0 Å². The van der Waals surface area contributed by atoms with Crippen LogP contribution in [-0.2, 0) is 0 Å². The predicted molar refractivity (Wildman–Crippen MR) is 70.2 cm³/mol. The maximum Gasteiger partial charge on any atom is 0.00696 e. The van der Waals surface area contributed by atoms with Crippen LogP contribution >= 0.6 is 0 Å². The Morgan fingerprint density at radius 1 is 1.13 bits per heavy atom. The van der Waals surface area contributed by atoms with Gasteiger partial charge in [0.05, 0.1) is 0 Å². The summed E-state index contributed by atoms with van der Waals surface area (Å²) in [6, 6.07) is 0.726. The Balaban J connectivity index is 3.89. The molecule has 1 unspecified atom stereocenters. The molecule has 1 nitrogen and oxygen atoms in total. The molecule has 0 fully saturated rings. The zero-order valence-electron chi connectivity index (χ0n) is 11.7. The lowest BCUT2D eigenvalue weighted by molar-refractivity contribution is 0.308. The van der Waals surface area contributed by atoms with Crippen molar-refractivity contribution in [1.82, 2.24) is 5.32 Å². The van der Waals surface area contributed by atoms with E-state index in [2.05, 4.69) is 46.9 Å². The van der Waals surface area contributed by atoms with Gasteiger partial charge in [-0.1, -0.05) is 41.5 Å². The van der Waals surface area contributed by atoms with Gasteiger partial charge in [0.1, 0.15) is 0 Å². The maximum atomic E-state index is 3.67. The Bertz CT molecular complexity index is 144. The van der Waals surface area contributed by atoms with Gasteiger partial charge in [0.15, 0.2) is 0 Å². The highest BCUT2D eigenvalue weighted by Gasteiger charge is 2.15. The first-order valence-corrected chi connectivity index (χ1v) is 6.58. The molecule has 15 heavy (non-hydrogen) atoms. The van der Waals surface area contributed by atoms with E-state index in [0.29, 0.717) is 5.41 Å². The first-order valence-electron chi connectivity index (χ1n) is 6.58. The summed E-state index contributed by atoms with van der Waals surface area (Å²) >= 11 is 0. The minimum absolute atomic E-state index is 0.475. The van der Waals surface area contributed by atoms with Crippen LogP contribution in [0.25, 0.3) is 0 Å². The van der Waals surface area contributed by atoms with Crippen LogP contribution in [0, 0.1) is 11.3 Å². The van der Waals surface area contributed by atoms with E-state index in [1.54, 1.807) is 0 Å². The molecule has 0 aromatic carbocycles.